The number of carbonyl (C=O) groups excluding carboxylic acids is 1. The summed E-state index contributed by atoms with van der Waals surface area (Å²) in [6.45, 7) is 3.71. The lowest BCUT2D eigenvalue weighted by Crippen LogP contribution is -2.34. The van der Waals surface area contributed by atoms with Crippen molar-refractivity contribution in [2.45, 2.75) is 26.3 Å². The van der Waals surface area contributed by atoms with Gasteiger partial charge in [0.05, 0.1) is 6.04 Å². The second-order valence-corrected chi connectivity index (χ2v) is 4.47. The summed E-state index contributed by atoms with van der Waals surface area (Å²) in [4.78, 5) is 14.7. The molecule has 0 spiro atoms. The van der Waals surface area contributed by atoms with Crippen molar-refractivity contribution in [1.29, 1.82) is 0 Å². The molecule has 2 N–H and O–H groups in total. The maximum absolute atomic E-state index is 11.4. The van der Waals surface area contributed by atoms with Gasteiger partial charge in [0.15, 0.2) is 0 Å². The van der Waals surface area contributed by atoms with E-state index < -0.39 is 0 Å². The van der Waals surface area contributed by atoms with Crippen LogP contribution in [0.15, 0.2) is 24.4 Å². The summed E-state index contributed by atoms with van der Waals surface area (Å²) in [7, 11) is 1.83. The van der Waals surface area contributed by atoms with Gasteiger partial charge in [0.1, 0.15) is 5.78 Å². The third kappa shape index (κ3) is 2.24. The van der Waals surface area contributed by atoms with E-state index in [2.05, 4.69) is 35.4 Å². The summed E-state index contributed by atoms with van der Waals surface area (Å²) in [5.41, 5.74) is 3.59. The van der Waals surface area contributed by atoms with E-state index in [1.807, 2.05) is 13.2 Å². The number of H-pyrrole nitrogens is 1. The molecule has 3 nitrogen and oxygen atoms in total. The Hall–Kier alpha value is -1.61. The van der Waals surface area contributed by atoms with Gasteiger partial charge in [0.25, 0.3) is 0 Å². The van der Waals surface area contributed by atoms with Crippen LogP contribution in [-0.2, 0) is 11.2 Å². The number of benzene rings is 1. The highest BCUT2D eigenvalue weighted by Gasteiger charge is 2.14. The normalized spacial score (nSPS) is 12.9. The third-order valence-electron chi connectivity index (χ3n) is 3.27. The minimum atomic E-state index is -0.102. The number of nitrogens with one attached hydrogen (secondary N) is 2. The molecule has 90 valence electrons. The van der Waals surface area contributed by atoms with E-state index >= 15 is 0 Å². The maximum atomic E-state index is 11.4. The maximum Gasteiger partial charge on any atom is 0.147 e. The highest BCUT2D eigenvalue weighted by molar-refractivity contribution is 5.87. The second kappa shape index (κ2) is 4.72. The summed E-state index contributed by atoms with van der Waals surface area (Å²) >= 11 is 0. The Labute approximate surface area is 101 Å². The summed E-state index contributed by atoms with van der Waals surface area (Å²) in [6, 6.07) is 6.14. The fourth-order valence-electron chi connectivity index (χ4n) is 2.20. The molecule has 0 bridgehead atoms. The molecular weight excluding hydrogens is 212 g/mol. The molecular formula is C14H18N2O. The van der Waals surface area contributed by atoms with E-state index in [-0.39, 0.29) is 11.8 Å². The van der Waals surface area contributed by atoms with Crippen molar-refractivity contribution < 1.29 is 4.79 Å². The molecule has 17 heavy (non-hydrogen) atoms. The molecule has 2 aromatic rings. The predicted molar refractivity (Wildman–Crippen MR) is 70.3 cm³/mol. The molecule has 1 heterocycles. The first-order valence-corrected chi connectivity index (χ1v) is 5.86. The number of likely N-dealkylation sites (N-methyl/N-ethyl adjacent to an activating group) is 1. The van der Waals surface area contributed by atoms with Crippen molar-refractivity contribution in [1.82, 2.24) is 10.3 Å². The number of aromatic amines is 1. The minimum absolute atomic E-state index is 0.102. The predicted octanol–water partition coefficient (Wildman–Crippen LogP) is 2.20. The van der Waals surface area contributed by atoms with Gasteiger partial charge >= 0.3 is 0 Å². The third-order valence-corrected chi connectivity index (χ3v) is 3.27. The number of fused-ring (bicyclic) bond motifs is 1. The fourth-order valence-corrected chi connectivity index (χ4v) is 2.20. The largest absolute Gasteiger partial charge is 0.361 e. The number of aromatic nitrogens is 1. The lowest BCUT2D eigenvalue weighted by Gasteiger charge is -2.11. The molecule has 0 aliphatic rings. The number of aryl methyl sites for hydroxylation is 1. The average Bonchev–Trinajstić information content (AvgIpc) is 2.70. The van der Waals surface area contributed by atoms with Crippen LogP contribution in [0.5, 0.6) is 0 Å². The van der Waals surface area contributed by atoms with Gasteiger partial charge < -0.3 is 10.3 Å². The van der Waals surface area contributed by atoms with Gasteiger partial charge in [-0.25, -0.2) is 0 Å². The standard InChI is InChI=1S/C14H18N2O/c1-9-5-4-6-12-11(8-16-14(9)12)7-13(15-3)10(2)17/h4-6,8,13,15-16H,7H2,1-3H3/t13-/m0/s1. The van der Waals surface area contributed by atoms with Gasteiger partial charge in [-0.1, -0.05) is 18.2 Å². The van der Waals surface area contributed by atoms with Gasteiger partial charge in [0.2, 0.25) is 0 Å². The van der Waals surface area contributed by atoms with Crippen molar-refractivity contribution in [3.05, 3.63) is 35.5 Å². The van der Waals surface area contributed by atoms with Crippen molar-refractivity contribution >= 4 is 16.7 Å². The molecule has 3 heteroatoms. The number of para-hydroxylation sites is 1. The van der Waals surface area contributed by atoms with Crippen LogP contribution in [-0.4, -0.2) is 23.9 Å². The van der Waals surface area contributed by atoms with E-state index in [4.69, 9.17) is 0 Å². The highest BCUT2D eigenvalue weighted by atomic mass is 16.1. The molecule has 0 radical (unpaired) electrons. The number of rotatable bonds is 4. The smallest absolute Gasteiger partial charge is 0.147 e. The highest BCUT2D eigenvalue weighted by Crippen LogP contribution is 2.22. The van der Waals surface area contributed by atoms with Crippen LogP contribution in [0.4, 0.5) is 0 Å². The zero-order valence-corrected chi connectivity index (χ0v) is 10.5. The van der Waals surface area contributed by atoms with Crippen molar-refractivity contribution in [3.8, 4) is 0 Å². The Bertz CT molecular complexity index is 542. The number of Topliss-reactive ketones (excluding diaryl/α,β-unsaturated/α-hetero) is 1. The molecule has 1 aromatic heterocycles. The zero-order chi connectivity index (χ0) is 12.4. The van der Waals surface area contributed by atoms with Gasteiger partial charge in [-0.3, -0.25) is 4.79 Å². The van der Waals surface area contributed by atoms with Crippen LogP contribution >= 0.6 is 0 Å². The lowest BCUT2D eigenvalue weighted by atomic mass is 10.0. The van der Waals surface area contributed by atoms with Crippen molar-refractivity contribution in [2.75, 3.05) is 7.05 Å². The van der Waals surface area contributed by atoms with E-state index in [0.717, 1.165) is 6.42 Å². The molecule has 2 rings (SSSR count). The quantitative estimate of drug-likeness (QED) is 0.845. The second-order valence-electron chi connectivity index (χ2n) is 4.47. The molecule has 0 saturated heterocycles. The monoisotopic (exact) mass is 230 g/mol. The molecule has 0 amide bonds. The molecule has 0 fully saturated rings. The van der Waals surface area contributed by atoms with Crippen molar-refractivity contribution in [2.24, 2.45) is 0 Å². The number of hydrogen-bond acceptors (Lipinski definition) is 2. The molecule has 0 saturated carbocycles. The van der Waals surface area contributed by atoms with E-state index in [1.165, 1.54) is 22.0 Å². The molecule has 0 aliphatic heterocycles. The van der Waals surface area contributed by atoms with E-state index in [0.29, 0.717) is 0 Å². The van der Waals surface area contributed by atoms with E-state index in [9.17, 15) is 4.79 Å². The summed E-state index contributed by atoms with van der Waals surface area (Å²) in [5.74, 6) is 0.175. The van der Waals surface area contributed by atoms with E-state index in [1.54, 1.807) is 6.92 Å². The SMILES string of the molecule is CN[C@@H](Cc1c[nH]c2c(C)cccc12)C(C)=O. The van der Waals surface area contributed by atoms with Crippen LogP contribution in [0.25, 0.3) is 10.9 Å². The minimum Gasteiger partial charge on any atom is -0.361 e. The summed E-state index contributed by atoms with van der Waals surface area (Å²) in [5, 5.41) is 4.27. The van der Waals surface area contributed by atoms with Crippen LogP contribution in [0.3, 0.4) is 0 Å². The summed E-state index contributed by atoms with van der Waals surface area (Å²) in [6.07, 6.45) is 2.74. The number of carbonyl (C=O) groups is 1. The first-order chi connectivity index (χ1) is 8.13. The molecule has 0 unspecified atom stereocenters. The average molecular weight is 230 g/mol. The molecule has 1 atom stereocenters. The Kier molecular flexibility index (Phi) is 3.29. The molecule has 1 aromatic carbocycles. The Morgan fingerprint density at radius 1 is 1.47 bits per heavy atom. The topological polar surface area (TPSA) is 44.9 Å². The van der Waals surface area contributed by atoms with Gasteiger partial charge in [-0.2, -0.15) is 0 Å². The van der Waals surface area contributed by atoms with Gasteiger partial charge in [-0.15, -0.1) is 0 Å². The van der Waals surface area contributed by atoms with Crippen LogP contribution in [0, 0.1) is 6.92 Å². The Morgan fingerprint density at radius 2 is 2.24 bits per heavy atom. The van der Waals surface area contributed by atoms with Gasteiger partial charge in [0, 0.05) is 17.1 Å². The lowest BCUT2D eigenvalue weighted by molar-refractivity contribution is -0.118. The first-order valence-electron chi connectivity index (χ1n) is 5.86. The zero-order valence-electron chi connectivity index (χ0n) is 10.5. The van der Waals surface area contributed by atoms with Gasteiger partial charge in [-0.05, 0) is 38.4 Å². The molecule has 0 aliphatic carbocycles. The summed E-state index contributed by atoms with van der Waals surface area (Å²) < 4.78 is 0. The van der Waals surface area contributed by atoms with Crippen LogP contribution < -0.4 is 5.32 Å². The van der Waals surface area contributed by atoms with Crippen LogP contribution in [0.2, 0.25) is 0 Å². The Morgan fingerprint density at radius 3 is 2.88 bits per heavy atom. The fraction of sp³-hybridized carbons (Fsp3) is 0.357. The van der Waals surface area contributed by atoms with Crippen molar-refractivity contribution in [3.63, 3.8) is 0 Å². The van der Waals surface area contributed by atoms with Crippen LogP contribution in [0.1, 0.15) is 18.1 Å². The number of ketones is 1. The first kappa shape index (κ1) is 11.9. The number of hydrogen-bond donors (Lipinski definition) is 2. The Balaban J connectivity index is 2.37.